The van der Waals surface area contributed by atoms with Crippen molar-refractivity contribution in [1.29, 1.82) is 0 Å². The molecule has 4 nitrogen and oxygen atoms in total. The van der Waals surface area contributed by atoms with Crippen molar-refractivity contribution < 1.29 is 4.79 Å². The van der Waals surface area contributed by atoms with Gasteiger partial charge in [0, 0.05) is 13.1 Å². The number of ketones is 1. The van der Waals surface area contributed by atoms with E-state index in [0.29, 0.717) is 15.9 Å². The van der Waals surface area contributed by atoms with E-state index in [1.165, 1.54) is 11.3 Å². The van der Waals surface area contributed by atoms with Crippen LogP contribution in [0.1, 0.15) is 28.2 Å². The van der Waals surface area contributed by atoms with Gasteiger partial charge in [-0.3, -0.25) is 4.79 Å². The van der Waals surface area contributed by atoms with E-state index in [1.807, 2.05) is 23.6 Å². The summed E-state index contributed by atoms with van der Waals surface area (Å²) in [6.45, 7) is 2.23. The minimum atomic E-state index is 0.0293. The molecule has 0 N–H and O–H groups in total. The molecule has 0 amide bonds. The number of hydrogen-bond acceptors (Lipinski definition) is 5. The highest BCUT2D eigenvalue weighted by Gasteiger charge is 2.22. The molecule has 0 radical (unpaired) electrons. The van der Waals surface area contributed by atoms with Crippen molar-refractivity contribution in [2.75, 3.05) is 32.1 Å². The standard InChI is InChI=1S/C18H22ClN3OS/c1-21-9-6-14(7-10-21)22(2)17-5-3-4-13(20-17)12-16(23)18-15(19)8-11-24-18/h3-5,8,11,14H,6-7,9-10,12H2,1-2H3. The van der Waals surface area contributed by atoms with Gasteiger partial charge in [-0.2, -0.15) is 0 Å². The number of piperidine rings is 1. The fraction of sp³-hybridized carbons (Fsp3) is 0.444. The van der Waals surface area contributed by atoms with Crippen LogP contribution in [0.2, 0.25) is 5.02 Å². The predicted octanol–water partition coefficient (Wildman–Crippen LogP) is 3.75. The SMILES string of the molecule is CN1CCC(N(C)c2cccc(CC(=O)c3sccc3Cl)n2)CC1. The number of pyridine rings is 1. The second-order valence-corrected chi connectivity index (χ2v) is 7.65. The average Bonchev–Trinajstić information content (AvgIpc) is 3.01. The molecule has 0 atom stereocenters. The first-order valence-electron chi connectivity index (χ1n) is 8.18. The minimum absolute atomic E-state index is 0.0293. The summed E-state index contributed by atoms with van der Waals surface area (Å²) in [5.74, 6) is 0.966. The monoisotopic (exact) mass is 363 g/mol. The van der Waals surface area contributed by atoms with Crippen LogP contribution in [0.15, 0.2) is 29.6 Å². The fourth-order valence-corrected chi connectivity index (χ4v) is 4.17. The highest BCUT2D eigenvalue weighted by molar-refractivity contribution is 7.12. The number of carbonyl (C=O) groups is 1. The molecule has 1 aliphatic rings. The largest absolute Gasteiger partial charge is 0.357 e. The molecule has 3 rings (SSSR count). The summed E-state index contributed by atoms with van der Waals surface area (Å²) in [4.78, 5) is 22.3. The van der Waals surface area contributed by atoms with Gasteiger partial charge in [-0.25, -0.2) is 4.98 Å². The van der Waals surface area contributed by atoms with Crippen molar-refractivity contribution in [3.63, 3.8) is 0 Å². The topological polar surface area (TPSA) is 36.4 Å². The maximum absolute atomic E-state index is 12.4. The zero-order chi connectivity index (χ0) is 17.1. The number of halogens is 1. The Kier molecular flexibility index (Phi) is 5.54. The van der Waals surface area contributed by atoms with Crippen LogP contribution in [-0.4, -0.2) is 48.9 Å². The number of anilines is 1. The lowest BCUT2D eigenvalue weighted by Gasteiger charge is -2.35. The Morgan fingerprint density at radius 1 is 1.38 bits per heavy atom. The highest BCUT2D eigenvalue weighted by Crippen LogP contribution is 2.24. The van der Waals surface area contributed by atoms with E-state index >= 15 is 0 Å². The number of carbonyl (C=O) groups excluding carboxylic acids is 1. The summed E-state index contributed by atoms with van der Waals surface area (Å²) in [5, 5.41) is 2.37. The molecule has 6 heteroatoms. The van der Waals surface area contributed by atoms with Crippen molar-refractivity contribution in [3.8, 4) is 0 Å². The van der Waals surface area contributed by atoms with Crippen LogP contribution in [0.3, 0.4) is 0 Å². The van der Waals surface area contributed by atoms with Crippen LogP contribution in [-0.2, 0) is 6.42 Å². The summed E-state index contributed by atoms with van der Waals surface area (Å²) in [6.07, 6.45) is 2.57. The van der Waals surface area contributed by atoms with Crippen molar-refractivity contribution in [3.05, 3.63) is 45.2 Å². The quantitative estimate of drug-likeness (QED) is 0.758. The first kappa shape index (κ1) is 17.4. The lowest BCUT2D eigenvalue weighted by molar-refractivity contribution is 0.0996. The van der Waals surface area contributed by atoms with Gasteiger partial charge < -0.3 is 9.80 Å². The molecule has 0 bridgehead atoms. The second kappa shape index (κ2) is 7.64. The van der Waals surface area contributed by atoms with Gasteiger partial charge in [0.1, 0.15) is 5.82 Å². The molecular weight excluding hydrogens is 342 g/mol. The number of thiophene rings is 1. The summed E-state index contributed by atoms with van der Waals surface area (Å²) in [5.41, 5.74) is 0.793. The fourth-order valence-electron chi connectivity index (χ4n) is 3.07. The van der Waals surface area contributed by atoms with Crippen LogP contribution in [0.5, 0.6) is 0 Å². The van der Waals surface area contributed by atoms with E-state index < -0.39 is 0 Å². The van der Waals surface area contributed by atoms with Crippen molar-refractivity contribution >= 4 is 34.5 Å². The van der Waals surface area contributed by atoms with Gasteiger partial charge in [-0.15, -0.1) is 11.3 Å². The van der Waals surface area contributed by atoms with E-state index in [2.05, 4.69) is 23.9 Å². The van der Waals surface area contributed by atoms with E-state index in [0.717, 1.165) is 37.4 Å². The normalized spacial score (nSPS) is 16.3. The molecule has 1 aliphatic heterocycles. The van der Waals surface area contributed by atoms with Crippen LogP contribution in [0, 0.1) is 0 Å². The number of aromatic nitrogens is 1. The molecule has 3 heterocycles. The molecule has 2 aromatic heterocycles. The molecule has 0 saturated carbocycles. The molecule has 0 spiro atoms. The van der Waals surface area contributed by atoms with Gasteiger partial charge in [0.15, 0.2) is 5.78 Å². The average molecular weight is 364 g/mol. The summed E-state index contributed by atoms with van der Waals surface area (Å²) < 4.78 is 0. The number of Topliss-reactive ketones (excluding diaryl/α,β-unsaturated/α-hetero) is 1. The minimum Gasteiger partial charge on any atom is -0.357 e. The zero-order valence-electron chi connectivity index (χ0n) is 14.0. The Hall–Kier alpha value is -1.43. The van der Waals surface area contributed by atoms with Gasteiger partial charge in [-0.1, -0.05) is 17.7 Å². The van der Waals surface area contributed by atoms with Crippen LogP contribution in [0.4, 0.5) is 5.82 Å². The summed E-state index contributed by atoms with van der Waals surface area (Å²) >= 11 is 7.44. The predicted molar refractivity (Wildman–Crippen MR) is 101 cm³/mol. The molecule has 1 fully saturated rings. The van der Waals surface area contributed by atoms with Gasteiger partial charge in [0.2, 0.25) is 0 Å². The molecule has 128 valence electrons. The van der Waals surface area contributed by atoms with Gasteiger partial charge in [-0.05, 0) is 56.6 Å². The third kappa shape index (κ3) is 3.97. The van der Waals surface area contributed by atoms with E-state index in [1.54, 1.807) is 6.07 Å². The molecule has 1 saturated heterocycles. The van der Waals surface area contributed by atoms with E-state index in [4.69, 9.17) is 16.6 Å². The molecule has 0 unspecified atom stereocenters. The Labute approximate surface area is 152 Å². The molecule has 0 aromatic carbocycles. The van der Waals surface area contributed by atoms with E-state index in [-0.39, 0.29) is 12.2 Å². The number of likely N-dealkylation sites (tertiary alicyclic amines) is 1. The number of nitrogens with zero attached hydrogens (tertiary/aromatic N) is 3. The Morgan fingerprint density at radius 3 is 2.79 bits per heavy atom. The second-order valence-electron chi connectivity index (χ2n) is 6.33. The third-order valence-corrected chi connectivity index (χ3v) is 5.98. The van der Waals surface area contributed by atoms with Crippen LogP contribution < -0.4 is 4.90 Å². The lowest BCUT2D eigenvalue weighted by atomic mass is 10.0. The third-order valence-electron chi connectivity index (χ3n) is 4.60. The Morgan fingerprint density at radius 2 is 2.12 bits per heavy atom. The summed E-state index contributed by atoms with van der Waals surface area (Å²) in [6, 6.07) is 8.17. The first-order valence-corrected chi connectivity index (χ1v) is 9.44. The Balaban J connectivity index is 1.70. The van der Waals surface area contributed by atoms with Crippen molar-refractivity contribution in [2.45, 2.75) is 25.3 Å². The first-order chi connectivity index (χ1) is 11.5. The smallest absolute Gasteiger partial charge is 0.180 e. The highest BCUT2D eigenvalue weighted by atomic mass is 35.5. The Bertz CT molecular complexity index is 710. The molecule has 2 aromatic rings. The molecular formula is C18H22ClN3OS. The zero-order valence-corrected chi connectivity index (χ0v) is 15.6. The summed E-state index contributed by atoms with van der Waals surface area (Å²) in [7, 11) is 4.26. The van der Waals surface area contributed by atoms with Crippen molar-refractivity contribution in [1.82, 2.24) is 9.88 Å². The maximum atomic E-state index is 12.4. The maximum Gasteiger partial charge on any atom is 0.180 e. The number of rotatable bonds is 5. The van der Waals surface area contributed by atoms with E-state index in [9.17, 15) is 4.79 Å². The van der Waals surface area contributed by atoms with Crippen LogP contribution in [0.25, 0.3) is 0 Å². The number of hydrogen-bond donors (Lipinski definition) is 0. The molecule has 0 aliphatic carbocycles. The van der Waals surface area contributed by atoms with Gasteiger partial charge in [0.25, 0.3) is 0 Å². The van der Waals surface area contributed by atoms with Gasteiger partial charge >= 0.3 is 0 Å². The van der Waals surface area contributed by atoms with Gasteiger partial charge in [0.05, 0.1) is 22.0 Å². The molecule has 24 heavy (non-hydrogen) atoms. The lowest BCUT2D eigenvalue weighted by Crippen LogP contribution is -2.42. The van der Waals surface area contributed by atoms with Crippen molar-refractivity contribution in [2.24, 2.45) is 0 Å². The van der Waals surface area contributed by atoms with Crippen LogP contribution >= 0.6 is 22.9 Å².